The predicted octanol–water partition coefficient (Wildman–Crippen LogP) is 10.3. The minimum atomic E-state index is -0.627. The molecule has 2 aliphatic heterocycles. The van der Waals surface area contributed by atoms with Crippen molar-refractivity contribution in [1.82, 2.24) is 9.97 Å². The summed E-state index contributed by atoms with van der Waals surface area (Å²) in [6.07, 6.45) is 3.59. The Morgan fingerprint density at radius 2 is 1.00 bits per heavy atom. The summed E-state index contributed by atoms with van der Waals surface area (Å²) in [6, 6.07) is 22.7. The number of benzene rings is 4. The van der Waals surface area contributed by atoms with Crippen molar-refractivity contribution < 1.29 is 46.4 Å². The fourth-order valence-electron chi connectivity index (χ4n) is 6.14. The molecule has 0 N–H and O–H groups in total. The lowest BCUT2D eigenvalue weighted by Gasteiger charge is -2.27. The summed E-state index contributed by atoms with van der Waals surface area (Å²) in [5.74, 6) is 0.175. The summed E-state index contributed by atoms with van der Waals surface area (Å²) in [5, 5.41) is 21.3. The van der Waals surface area contributed by atoms with Gasteiger partial charge in [-0.25, -0.2) is 27.5 Å². The number of hydrogen-bond acceptors (Lipinski definition) is 10. The molecule has 0 aliphatic carbocycles. The summed E-state index contributed by atoms with van der Waals surface area (Å²) in [7, 11) is 0. The zero-order valence-corrected chi connectivity index (χ0v) is 28.9. The van der Waals surface area contributed by atoms with E-state index < -0.39 is 45.3 Å². The van der Waals surface area contributed by atoms with Gasteiger partial charge in [0.2, 0.25) is 11.8 Å². The second-order valence-corrected chi connectivity index (χ2v) is 12.6. The lowest BCUT2D eigenvalue weighted by molar-refractivity contribution is -0.385. The molecule has 0 saturated carbocycles. The van der Waals surface area contributed by atoms with Gasteiger partial charge in [-0.2, -0.15) is 0 Å². The van der Waals surface area contributed by atoms with Gasteiger partial charge in [-0.05, 0) is 97.5 Å². The van der Waals surface area contributed by atoms with Gasteiger partial charge in [-0.15, -0.1) is 0 Å². The van der Waals surface area contributed by atoms with Crippen LogP contribution in [0.15, 0.2) is 109 Å². The summed E-state index contributed by atoms with van der Waals surface area (Å²) in [4.78, 5) is 28.1. The highest BCUT2D eigenvalue weighted by molar-refractivity contribution is 5.45. The first-order valence-electron chi connectivity index (χ1n) is 17.0. The monoisotopic (exact) mass is 768 g/mol. The maximum absolute atomic E-state index is 14.0. The molecule has 0 amide bonds. The minimum Gasteiger partial charge on any atom is -0.485 e. The molecule has 2 atom stereocenters. The third kappa shape index (κ3) is 8.65. The molecule has 2 unspecified atom stereocenters. The topological polar surface area (TPSA) is 149 Å². The van der Waals surface area contributed by atoms with Gasteiger partial charge in [0.25, 0.3) is 11.4 Å². The van der Waals surface area contributed by atoms with Crippen molar-refractivity contribution in [3.05, 3.63) is 175 Å². The van der Waals surface area contributed by atoms with Crippen LogP contribution in [0.2, 0.25) is 0 Å². The van der Waals surface area contributed by atoms with Gasteiger partial charge < -0.3 is 18.9 Å². The van der Waals surface area contributed by atoms with E-state index in [-0.39, 0.29) is 23.1 Å². The summed E-state index contributed by atoms with van der Waals surface area (Å²) < 4.78 is 77.2. The number of pyridine rings is 2. The van der Waals surface area contributed by atoms with E-state index in [2.05, 4.69) is 9.97 Å². The van der Waals surface area contributed by atoms with Gasteiger partial charge >= 0.3 is 0 Å². The van der Waals surface area contributed by atoms with Crippen molar-refractivity contribution in [3.63, 3.8) is 0 Å². The molecule has 284 valence electrons. The third-order valence-corrected chi connectivity index (χ3v) is 8.88. The molecule has 16 heteroatoms. The third-order valence-electron chi connectivity index (χ3n) is 8.88. The number of fused-ring (bicyclic) bond motifs is 2. The average molecular weight is 769 g/mol. The van der Waals surface area contributed by atoms with E-state index in [1.54, 1.807) is 36.4 Å². The molecule has 0 fully saturated rings. The lowest BCUT2D eigenvalue weighted by atomic mass is 9.97. The molecule has 2 aromatic heterocycles. The Balaban J connectivity index is 0.000000172. The van der Waals surface area contributed by atoms with Crippen LogP contribution in [0.25, 0.3) is 0 Å². The van der Waals surface area contributed by atoms with E-state index in [9.17, 15) is 37.8 Å². The van der Waals surface area contributed by atoms with Crippen LogP contribution < -0.4 is 18.9 Å². The van der Waals surface area contributed by atoms with Crippen molar-refractivity contribution in [2.45, 2.75) is 37.9 Å². The molecule has 6 aromatic rings. The Morgan fingerprint density at radius 3 is 1.36 bits per heavy atom. The van der Waals surface area contributed by atoms with E-state index in [4.69, 9.17) is 18.9 Å². The summed E-state index contributed by atoms with van der Waals surface area (Å²) in [6.45, 7) is 0. The molecule has 0 radical (unpaired) electrons. The summed E-state index contributed by atoms with van der Waals surface area (Å²) in [5.41, 5.74) is 2.18. The van der Waals surface area contributed by atoms with Crippen molar-refractivity contribution in [1.29, 1.82) is 0 Å². The van der Waals surface area contributed by atoms with Crippen LogP contribution in [0.3, 0.4) is 0 Å². The summed E-state index contributed by atoms with van der Waals surface area (Å²) >= 11 is 0. The van der Waals surface area contributed by atoms with Crippen molar-refractivity contribution >= 4 is 11.4 Å². The number of nitro groups is 2. The molecule has 4 aromatic carbocycles. The van der Waals surface area contributed by atoms with Gasteiger partial charge in [0.15, 0.2) is 0 Å². The van der Waals surface area contributed by atoms with E-state index in [0.29, 0.717) is 59.8 Å². The van der Waals surface area contributed by atoms with Crippen LogP contribution in [0, 0.1) is 43.5 Å². The zero-order chi connectivity index (χ0) is 39.3. The fraction of sp³-hybridized carbons (Fsp3) is 0.150. The second-order valence-electron chi connectivity index (χ2n) is 12.6. The molecule has 4 heterocycles. The van der Waals surface area contributed by atoms with Gasteiger partial charge in [0.05, 0.1) is 9.85 Å². The Kier molecular flexibility index (Phi) is 10.7. The quantitative estimate of drug-likeness (QED) is 0.0832. The predicted molar refractivity (Wildman–Crippen MR) is 191 cm³/mol. The molecule has 8 rings (SSSR count). The number of rotatable bonds is 8. The maximum Gasteiger partial charge on any atom is 0.287 e. The van der Waals surface area contributed by atoms with Crippen LogP contribution in [0.1, 0.15) is 47.3 Å². The van der Waals surface area contributed by atoms with Crippen LogP contribution >= 0.6 is 0 Å². The molecule has 0 bridgehead atoms. The highest BCUT2D eigenvalue weighted by atomic mass is 19.1. The first-order chi connectivity index (χ1) is 27.0. The van der Waals surface area contributed by atoms with Gasteiger partial charge in [-0.3, -0.25) is 20.2 Å². The highest BCUT2D eigenvalue weighted by Gasteiger charge is 2.26. The highest BCUT2D eigenvalue weighted by Crippen LogP contribution is 2.40. The number of aryl methyl sites for hydroxylation is 2. The Morgan fingerprint density at radius 1 is 0.571 bits per heavy atom. The first-order valence-corrected chi connectivity index (χ1v) is 17.0. The number of nitrogens with zero attached hydrogens (tertiary/aromatic N) is 4. The number of hydrogen-bond donors (Lipinski definition) is 0. The average Bonchev–Trinajstić information content (AvgIpc) is 3.18. The van der Waals surface area contributed by atoms with Crippen molar-refractivity contribution in [2.24, 2.45) is 0 Å². The minimum absolute atomic E-state index is 0.120. The largest absolute Gasteiger partial charge is 0.485 e. The Labute approximate surface area is 315 Å². The molecule has 56 heavy (non-hydrogen) atoms. The second kappa shape index (κ2) is 16.1. The first kappa shape index (κ1) is 37.2. The number of halogens is 4. The van der Waals surface area contributed by atoms with Crippen molar-refractivity contribution in [3.8, 4) is 34.8 Å². The Hall–Kier alpha value is -7.10. The zero-order valence-electron chi connectivity index (χ0n) is 28.9. The molecule has 0 saturated heterocycles. The number of aromatic nitrogens is 2. The van der Waals surface area contributed by atoms with Crippen LogP contribution in [0.5, 0.6) is 34.8 Å². The van der Waals surface area contributed by atoms with E-state index >= 15 is 0 Å². The maximum atomic E-state index is 14.0. The normalized spacial score (nSPS) is 15.4. The molecule has 2 aliphatic rings. The van der Waals surface area contributed by atoms with Gasteiger partial charge in [0.1, 0.15) is 70.9 Å². The molecule has 12 nitrogen and oxygen atoms in total. The van der Waals surface area contributed by atoms with Gasteiger partial charge in [0, 0.05) is 47.5 Å². The van der Waals surface area contributed by atoms with Crippen LogP contribution in [-0.2, 0) is 12.8 Å². The Bertz CT molecular complexity index is 2250. The van der Waals surface area contributed by atoms with E-state index in [0.717, 1.165) is 35.7 Å². The smallest absolute Gasteiger partial charge is 0.287 e. The van der Waals surface area contributed by atoms with E-state index in [1.165, 1.54) is 48.5 Å². The fourth-order valence-corrected chi connectivity index (χ4v) is 6.14. The van der Waals surface area contributed by atoms with Gasteiger partial charge in [-0.1, -0.05) is 0 Å². The van der Waals surface area contributed by atoms with E-state index in [1.807, 2.05) is 0 Å². The lowest BCUT2D eigenvalue weighted by Crippen LogP contribution is -2.16. The van der Waals surface area contributed by atoms with Crippen molar-refractivity contribution in [2.75, 3.05) is 0 Å². The standard InChI is InChI=1S/2C20H14F2N2O4/c2*21-13-2-5-16(17(22)10-13)19-6-1-12-9-15(4-7-18(12)28-19)27-20-8-3-14(11-23-20)24(25)26/h2*2-5,7-11,19H,1,6H2. The number of ether oxygens (including phenoxy) is 4. The van der Waals surface area contributed by atoms with Crippen LogP contribution in [-0.4, -0.2) is 19.8 Å². The SMILES string of the molecule is O=[N+]([O-])c1ccc(Oc2ccc3c(c2)CCC(c2ccc(F)cc2F)O3)nc1.O=[N+]([O-])c1ccc(Oc2ccc3c(c2)CCC(c2ccc(F)cc2F)O3)nc1. The van der Waals surface area contributed by atoms with Crippen LogP contribution in [0.4, 0.5) is 28.9 Å². The molecule has 0 spiro atoms. The molecular weight excluding hydrogens is 740 g/mol. The molecular formula is C40H28F4N4O8.